The first kappa shape index (κ1) is 18.0. The van der Waals surface area contributed by atoms with Crippen molar-refractivity contribution in [1.82, 2.24) is 0 Å². The molecule has 0 aliphatic carbocycles. The molecule has 1 heterocycles. The van der Waals surface area contributed by atoms with Crippen LogP contribution in [0.5, 0.6) is 0 Å². The Morgan fingerprint density at radius 3 is 2.27 bits per heavy atom. The minimum Gasteiger partial charge on any atom is -0.481 e. The van der Waals surface area contributed by atoms with Gasteiger partial charge in [-0.3, -0.25) is 19.3 Å². The molecule has 0 bridgehead atoms. The largest absolute Gasteiger partial charge is 0.481 e. The van der Waals surface area contributed by atoms with Crippen molar-refractivity contribution in [2.24, 2.45) is 0 Å². The molecular formula is C19H13NO4S2. The second kappa shape index (κ2) is 7.63. The van der Waals surface area contributed by atoms with Crippen molar-refractivity contribution in [3.05, 3.63) is 70.1 Å². The number of hydrogen-bond donors (Lipinski definition) is 1. The predicted molar refractivity (Wildman–Crippen MR) is 105 cm³/mol. The molecule has 2 aromatic rings. The molecular weight excluding hydrogens is 370 g/mol. The molecule has 3 rings (SSSR count). The highest BCUT2D eigenvalue weighted by molar-refractivity contribution is 8.27. The third-order valence-electron chi connectivity index (χ3n) is 3.71. The average molecular weight is 383 g/mol. The van der Waals surface area contributed by atoms with Gasteiger partial charge >= 0.3 is 5.97 Å². The van der Waals surface area contributed by atoms with E-state index < -0.39 is 5.97 Å². The Hall–Kier alpha value is -2.77. The van der Waals surface area contributed by atoms with E-state index in [0.717, 1.165) is 11.8 Å². The molecule has 0 aromatic heterocycles. The van der Waals surface area contributed by atoms with Crippen molar-refractivity contribution in [2.75, 3.05) is 4.90 Å². The summed E-state index contributed by atoms with van der Waals surface area (Å²) >= 11 is 6.52. The van der Waals surface area contributed by atoms with E-state index in [9.17, 15) is 14.4 Å². The van der Waals surface area contributed by atoms with Gasteiger partial charge in [0, 0.05) is 5.56 Å². The van der Waals surface area contributed by atoms with E-state index in [2.05, 4.69) is 0 Å². The normalized spacial score (nSPS) is 15.5. The van der Waals surface area contributed by atoms with E-state index in [1.807, 2.05) is 0 Å². The Kier molecular flexibility index (Phi) is 5.29. The van der Waals surface area contributed by atoms with Crippen LogP contribution in [0.4, 0.5) is 5.69 Å². The Morgan fingerprint density at radius 1 is 1.08 bits per heavy atom. The van der Waals surface area contributed by atoms with E-state index in [1.165, 1.54) is 16.7 Å². The SMILES string of the molecule is O=Cc1ccc(/C=C2\SC(=S)N(c3ccc(CC(=O)O)cc3)C2=O)cc1. The number of carboxylic acids is 1. The van der Waals surface area contributed by atoms with Crippen LogP contribution in [0.1, 0.15) is 21.5 Å². The molecule has 1 fully saturated rings. The highest BCUT2D eigenvalue weighted by atomic mass is 32.2. The number of carbonyl (C=O) groups excluding carboxylic acids is 2. The van der Waals surface area contributed by atoms with Gasteiger partial charge in [0.25, 0.3) is 5.91 Å². The third-order valence-corrected chi connectivity index (χ3v) is 5.02. The first-order chi connectivity index (χ1) is 12.5. The minimum absolute atomic E-state index is 0.0740. The lowest BCUT2D eigenvalue weighted by Crippen LogP contribution is -2.27. The highest BCUT2D eigenvalue weighted by Crippen LogP contribution is 2.36. The van der Waals surface area contributed by atoms with E-state index in [1.54, 1.807) is 54.6 Å². The Balaban J connectivity index is 1.82. The van der Waals surface area contributed by atoms with Gasteiger partial charge in [0.05, 0.1) is 17.0 Å². The Bertz CT molecular complexity index is 918. The molecule has 26 heavy (non-hydrogen) atoms. The topological polar surface area (TPSA) is 74.7 Å². The van der Waals surface area contributed by atoms with Crippen LogP contribution in [0.2, 0.25) is 0 Å². The lowest BCUT2D eigenvalue weighted by Gasteiger charge is -2.14. The van der Waals surface area contributed by atoms with Crippen LogP contribution in [-0.2, 0) is 16.0 Å². The number of carboxylic acid groups (broad SMARTS) is 1. The highest BCUT2D eigenvalue weighted by Gasteiger charge is 2.33. The molecule has 130 valence electrons. The van der Waals surface area contributed by atoms with E-state index in [4.69, 9.17) is 17.3 Å². The van der Waals surface area contributed by atoms with E-state index in [0.29, 0.717) is 26.0 Å². The van der Waals surface area contributed by atoms with Gasteiger partial charge in [-0.2, -0.15) is 0 Å². The van der Waals surface area contributed by atoms with Crippen molar-refractivity contribution in [3.63, 3.8) is 0 Å². The number of thioether (sulfide) groups is 1. The number of thiocarbonyl (C=S) groups is 1. The average Bonchev–Trinajstić information content (AvgIpc) is 2.89. The maximum Gasteiger partial charge on any atom is 0.307 e. The van der Waals surface area contributed by atoms with Crippen molar-refractivity contribution < 1.29 is 19.5 Å². The quantitative estimate of drug-likeness (QED) is 0.484. The molecule has 5 nitrogen and oxygen atoms in total. The van der Waals surface area contributed by atoms with Crippen molar-refractivity contribution in [1.29, 1.82) is 0 Å². The van der Waals surface area contributed by atoms with Crippen LogP contribution in [0, 0.1) is 0 Å². The number of benzene rings is 2. The van der Waals surface area contributed by atoms with Crippen LogP contribution < -0.4 is 4.90 Å². The number of hydrogen-bond acceptors (Lipinski definition) is 5. The van der Waals surface area contributed by atoms with Gasteiger partial charge in [-0.05, 0) is 29.3 Å². The number of aldehydes is 1. The molecule has 1 amide bonds. The molecule has 1 aliphatic rings. The Labute approximate surface area is 159 Å². The lowest BCUT2D eigenvalue weighted by molar-refractivity contribution is -0.136. The van der Waals surface area contributed by atoms with Gasteiger partial charge < -0.3 is 5.11 Å². The number of nitrogens with zero attached hydrogens (tertiary/aromatic N) is 1. The fourth-order valence-corrected chi connectivity index (χ4v) is 3.75. The first-order valence-corrected chi connectivity index (χ1v) is 8.84. The summed E-state index contributed by atoms with van der Waals surface area (Å²) in [7, 11) is 0. The zero-order valence-electron chi connectivity index (χ0n) is 13.4. The van der Waals surface area contributed by atoms with Crippen molar-refractivity contribution in [3.8, 4) is 0 Å². The van der Waals surface area contributed by atoms with Crippen LogP contribution in [0.25, 0.3) is 6.08 Å². The summed E-state index contributed by atoms with van der Waals surface area (Å²) in [6.45, 7) is 0. The number of rotatable bonds is 5. The molecule has 0 atom stereocenters. The maximum absolute atomic E-state index is 12.7. The van der Waals surface area contributed by atoms with Gasteiger partial charge in [-0.15, -0.1) is 0 Å². The molecule has 0 unspecified atom stereocenters. The summed E-state index contributed by atoms with van der Waals surface area (Å²) in [5, 5.41) is 8.82. The molecule has 1 aliphatic heterocycles. The van der Waals surface area contributed by atoms with Gasteiger partial charge in [-0.25, -0.2) is 0 Å². The van der Waals surface area contributed by atoms with Crippen LogP contribution >= 0.6 is 24.0 Å². The predicted octanol–water partition coefficient (Wildman–Crippen LogP) is 3.53. The molecule has 0 radical (unpaired) electrons. The zero-order chi connectivity index (χ0) is 18.7. The first-order valence-electron chi connectivity index (χ1n) is 7.62. The molecule has 7 heteroatoms. The smallest absolute Gasteiger partial charge is 0.307 e. The van der Waals surface area contributed by atoms with Gasteiger partial charge in [-0.1, -0.05) is 60.4 Å². The summed E-state index contributed by atoms with van der Waals surface area (Å²) in [4.78, 5) is 36.1. The summed E-state index contributed by atoms with van der Waals surface area (Å²) in [5.41, 5.74) is 2.61. The van der Waals surface area contributed by atoms with Gasteiger partial charge in [0.2, 0.25) is 0 Å². The lowest BCUT2D eigenvalue weighted by atomic mass is 10.1. The van der Waals surface area contributed by atoms with Crippen molar-refractivity contribution in [2.45, 2.75) is 6.42 Å². The second-order valence-corrected chi connectivity index (χ2v) is 7.21. The number of amides is 1. The summed E-state index contributed by atoms with van der Waals surface area (Å²) in [6, 6.07) is 13.6. The zero-order valence-corrected chi connectivity index (χ0v) is 15.0. The van der Waals surface area contributed by atoms with Gasteiger partial charge in [0.15, 0.2) is 4.32 Å². The van der Waals surface area contributed by atoms with Crippen molar-refractivity contribution >= 4 is 58.2 Å². The van der Waals surface area contributed by atoms with Crippen LogP contribution in [0.3, 0.4) is 0 Å². The Morgan fingerprint density at radius 2 is 1.69 bits per heavy atom. The fraction of sp³-hybridized carbons (Fsp3) is 0.0526. The number of anilines is 1. The summed E-state index contributed by atoms with van der Waals surface area (Å²) in [6.07, 6.45) is 2.42. The van der Waals surface area contributed by atoms with E-state index >= 15 is 0 Å². The number of carbonyl (C=O) groups is 3. The maximum atomic E-state index is 12.7. The number of aliphatic carboxylic acids is 1. The van der Waals surface area contributed by atoms with E-state index in [-0.39, 0.29) is 12.3 Å². The summed E-state index contributed by atoms with van der Waals surface area (Å²) in [5.74, 6) is -1.14. The summed E-state index contributed by atoms with van der Waals surface area (Å²) < 4.78 is 0.414. The third kappa shape index (κ3) is 3.89. The van der Waals surface area contributed by atoms with Gasteiger partial charge in [0.1, 0.15) is 6.29 Å². The monoisotopic (exact) mass is 383 g/mol. The molecule has 1 N–H and O–H groups in total. The fourth-order valence-electron chi connectivity index (χ4n) is 2.45. The molecule has 0 spiro atoms. The minimum atomic E-state index is -0.910. The molecule has 0 saturated carbocycles. The molecule has 1 saturated heterocycles. The standard InChI is InChI=1S/C19H13NO4S2/c21-11-14-3-1-12(2-4-14)9-16-18(24)20(19(25)26-16)15-7-5-13(6-8-15)10-17(22)23/h1-9,11H,10H2,(H,22,23)/b16-9-. The second-order valence-electron chi connectivity index (χ2n) is 5.54. The van der Waals surface area contributed by atoms with Crippen LogP contribution in [0.15, 0.2) is 53.4 Å². The van der Waals surface area contributed by atoms with Crippen LogP contribution in [-0.4, -0.2) is 27.6 Å². The molecule has 2 aromatic carbocycles.